The summed E-state index contributed by atoms with van der Waals surface area (Å²) in [6.07, 6.45) is -5.35. The van der Waals surface area contributed by atoms with Gasteiger partial charge in [-0.25, -0.2) is 0 Å². The lowest BCUT2D eigenvalue weighted by atomic mass is 10.0. The quantitative estimate of drug-likeness (QED) is 0.281. The van der Waals surface area contributed by atoms with Crippen LogP contribution in [0.4, 0.5) is 0 Å². The van der Waals surface area contributed by atoms with Crippen LogP contribution in [0.5, 0.6) is 0 Å². The van der Waals surface area contributed by atoms with Gasteiger partial charge in [-0.3, -0.25) is 4.79 Å². The van der Waals surface area contributed by atoms with Crippen LogP contribution in [0.25, 0.3) is 0 Å². The van der Waals surface area contributed by atoms with E-state index in [9.17, 15) is 9.59 Å². The summed E-state index contributed by atoms with van der Waals surface area (Å²) in [5.41, 5.74) is 9.64. The van der Waals surface area contributed by atoms with Crippen molar-refractivity contribution < 1.29 is 24.9 Å². The van der Waals surface area contributed by atoms with E-state index in [1.807, 2.05) is 0 Å². The van der Waals surface area contributed by atoms with Crippen molar-refractivity contribution in [3.8, 4) is 0 Å². The summed E-state index contributed by atoms with van der Waals surface area (Å²) in [5.74, 6) is -1.20. The molecule has 0 spiro atoms. The lowest BCUT2D eigenvalue weighted by Crippen LogP contribution is -2.52. The van der Waals surface area contributed by atoms with Crippen molar-refractivity contribution in [1.29, 1.82) is 0 Å². The number of aldehydes is 1. The summed E-state index contributed by atoms with van der Waals surface area (Å²) in [6, 6.07) is -1.37. The maximum atomic E-state index is 10.3. The Morgan fingerprint density at radius 3 is 2.00 bits per heavy atom. The molecule has 0 heterocycles. The highest BCUT2D eigenvalue weighted by Crippen LogP contribution is 2.01. The highest BCUT2D eigenvalue weighted by molar-refractivity contribution is 5.79. The third kappa shape index (κ3) is 3.07. The Bertz CT molecular complexity index is 197. The Morgan fingerprint density at radius 2 is 1.69 bits per heavy atom. The van der Waals surface area contributed by atoms with Gasteiger partial charge < -0.3 is 31.6 Å². The van der Waals surface area contributed by atoms with Gasteiger partial charge >= 0.3 is 0 Å². The normalized spacial score (nSPS) is 20.0. The Morgan fingerprint density at radius 1 is 1.23 bits per heavy atom. The molecule has 0 aromatic carbocycles. The molecule has 7 heteroatoms. The van der Waals surface area contributed by atoms with E-state index in [1.165, 1.54) is 0 Å². The van der Waals surface area contributed by atoms with Crippen LogP contribution in [0.1, 0.15) is 0 Å². The van der Waals surface area contributed by atoms with E-state index >= 15 is 0 Å². The van der Waals surface area contributed by atoms with Gasteiger partial charge in [0.2, 0.25) is 5.91 Å². The predicted octanol–water partition coefficient (Wildman–Crippen LogP) is -3.92. The van der Waals surface area contributed by atoms with Crippen molar-refractivity contribution in [3.63, 3.8) is 0 Å². The van der Waals surface area contributed by atoms with Crippen LogP contribution in [0.15, 0.2) is 0 Å². The third-order valence-electron chi connectivity index (χ3n) is 1.52. The van der Waals surface area contributed by atoms with Gasteiger partial charge in [-0.15, -0.1) is 0 Å². The first-order chi connectivity index (χ1) is 5.91. The van der Waals surface area contributed by atoms with Crippen LogP contribution in [-0.4, -0.2) is 51.9 Å². The Labute approximate surface area is 73.9 Å². The molecule has 0 aromatic heterocycles. The Balaban J connectivity index is 4.32. The third-order valence-corrected chi connectivity index (χ3v) is 1.52. The number of nitrogens with two attached hydrogens (primary N) is 2. The molecule has 7 N–H and O–H groups in total. The zero-order chi connectivity index (χ0) is 10.6. The predicted molar refractivity (Wildman–Crippen MR) is 41.3 cm³/mol. The first kappa shape index (κ1) is 12.0. The summed E-state index contributed by atoms with van der Waals surface area (Å²) in [7, 11) is 0. The smallest absolute Gasteiger partial charge is 0.249 e. The van der Waals surface area contributed by atoms with Crippen LogP contribution in [-0.2, 0) is 9.59 Å². The second-order valence-corrected chi connectivity index (χ2v) is 2.54. The minimum Gasteiger partial charge on any atom is -0.388 e. The fourth-order valence-corrected chi connectivity index (χ4v) is 0.663. The molecule has 4 atom stereocenters. The fraction of sp³-hybridized carbons (Fsp3) is 0.667. The number of amides is 1. The molecule has 13 heavy (non-hydrogen) atoms. The van der Waals surface area contributed by atoms with Gasteiger partial charge in [0.1, 0.15) is 18.5 Å². The van der Waals surface area contributed by atoms with Gasteiger partial charge in [-0.2, -0.15) is 0 Å². The number of hydrogen-bond donors (Lipinski definition) is 5. The van der Waals surface area contributed by atoms with Gasteiger partial charge in [0, 0.05) is 0 Å². The van der Waals surface area contributed by atoms with Crippen molar-refractivity contribution >= 4 is 12.2 Å². The zero-order valence-corrected chi connectivity index (χ0v) is 6.70. The number of aliphatic hydroxyl groups excluding tert-OH is 3. The van der Waals surface area contributed by atoms with E-state index in [0.717, 1.165) is 0 Å². The monoisotopic (exact) mass is 192 g/mol. The van der Waals surface area contributed by atoms with Gasteiger partial charge in [0.15, 0.2) is 6.10 Å². The molecule has 7 nitrogen and oxygen atoms in total. The van der Waals surface area contributed by atoms with E-state index in [-0.39, 0.29) is 6.29 Å². The van der Waals surface area contributed by atoms with Gasteiger partial charge in [0.05, 0.1) is 6.04 Å². The standard InChI is InChI=1S/C6H12N2O5/c7-2(1-9)3(10)4(11)5(12)6(8)13/h1-5,10-12H,7H2,(H2,8,13)/t2-,3+,4+,5-/m0/s1. The first-order valence-corrected chi connectivity index (χ1v) is 3.46. The molecule has 0 saturated carbocycles. The molecule has 1 amide bonds. The fourth-order valence-electron chi connectivity index (χ4n) is 0.663. The Kier molecular flexibility index (Phi) is 4.49. The SMILES string of the molecule is NC(=O)[C@@H](O)[C@H](O)[C@H](O)[C@@H](N)C=O. The molecular weight excluding hydrogens is 180 g/mol. The van der Waals surface area contributed by atoms with Crippen molar-refractivity contribution in [2.75, 3.05) is 0 Å². The largest absolute Gasteiger partial charge is 0.388 e. The summed E-state index contributed by atoms with van der Waals surface area (Å²) in [4.78, 5) is 20.4. The number of carbonyl (C=O) groups is 2. The molecular formula is C6H12N2O5. The van der Waals surface area contributed by atoms with Gasteiger partial charge in [-0.1, -0.05) is 0 Å². The lowest BCUT2D eigenvalue weighted by Gasteiger charge is -2.22. The van der Waals surface area contributed by atoms with E-state index in [1.54, 1.807) is 0 Å². The van der Waals surface area contributed by atoms with E-state index in [4.69, 9.17) is 21.1 Å². The molecule has 0 aliphatic heterocycles. The number of primary amides is 1. The summed E-state index contributed by atoms with van der Waals surface area (Å²) >= 11 is 0. The molecule has 0 rings (SSSR count). The van der Waals surface area contributed by atoms with Crippen LogP contribution < -0.4 is 11.5 Å². The molecule has 0 bridgehead atoms. The van der Waals surface area contributed by atoms with Crippen molar-refractivity contribution in [2.45, 2.75) is 24.4 Å². The van der Waals surface area contributed by atoms with Crippen LogP contribution in [0.3, 0.4) is 0 Å². The first-order valence-electron chi connectivity index (χ1n) is 3.46. The maximum Gasteiger partial charge on any atom is 0.249 e. The summed E-state index contributed by atoms with van der Waals surface area (Å²) in [6.45, 7) is 0. The van der Waals surface area contributed by atoms with Gasteiger partial charge in [0.25, 0.3) is 0 Å². The molecule has 0 fully saturated rings. The van der Waals surface area contributed by atoms with Crippen molar-refractivity contribution in [3.05, 3.63) is 0 Å². The van der Waals surface area contributed by atoms with Gasteiger partial charge in [-0.05, 0) is 0 Å². The Hall–Kier alpha value is -1.02. The highest BCUT2D eigenvalue weighted by Gasteiger charge is 2.32. The lowest BCUT2D eigenvalue weighted by molar-refractivity contribution is -0.139. The van der Waals surface area contributed by atoms with Crippen molar-refractivity contribution in [1.82, 2.24) is 0 Å². The maximum absolute atomic E-state index is 10.3. The molecule has 0 unspecified atom stereocenters. The molecule has 76 valence electrons. The minimum absolute atomic E-state index is 0.182. The number of rotatable bonds is 5. The van der Waals surface area contributed by atoms with E-state index in [2.05, 4.69) is 5.73 Å². The summed E-state index contributed by atoms with van der Waals surface area (Å²) < 4.78 is 0. The van der Waals surface area contributed by atoms with E-state index in [0.29, 0.717) is 0 Å². The number of aliphatic hydroxyl groups is 3. The molecule has 0 radical (unpaired) electrons. The van der Waals surface area contributed by atoms with Crippen molar-refractivity contribution in [2.24, 2.45) is 11.5 Å². The minimum atomic E-state index is -1.94. The average molecular weight is 192 g/mol. The van der Waals surface area contributed by atoms with Crippen LogP contribution in [0, 0.1) is 0 Å². The zero-order valence-electron chi connectivity index (χ0n) is 6.70. The summed E-state index contributed by atoms with van der Waals surface area (Å²) in [5, 5.41) is 26.9. The van der Waals surface area contributed by atoms with Crippen LogP contribution >= 0.6 is 0 Å². The second-order valence-electron chi connectivity index (χ2n) is 2.54. The topological polar surface area (TPSA) is 147 Å². The number of hydrogen-bond acceptors (Lipinski definition) is 6. The average Bonchev–Trinajstić information content (AvgIpc) is 2.12. The van der Waals surface area contributed by atoms with Crippen LogP contribution in [0.2, 0.25) is 0 Å². The molecule has 0 aliphatic carbocycles. The molecule has 0 aromatic rings. The second kappa shape index (κ2) is 4.87. The molecule has 0 aliphatic rings. The van der Waals surface area contributed by atoms with E-state index < -0.39 is 30.3 Å². The number of carbonyl (C=O) groups excluding carboxylic acids is 2. The highest BCUT2D eigenvalue weighted by atomic mass is 16.4. The molecule has 0 saturated heterocycles.